The van der Waals surface area contributed by atoms with Crippen molar-refractivity contribution in [1.82, 2.24) is 9.97 Å². The first-order chi connectivity index (χ1) is 13.0. The fourth-order valence-electron chi connectivity index (χ4n) is 2.36. The maximum Gasteiger partial charge on any atom is 0.339 e. The van der Waals surface area contributed by atoms with Crippen molar-refractivity contribution < 1.29 is 19.2 Å². The van der Waals surface area contributed by atoms with E-state index < -0.39 is 10.9 Å². The number of non-ortho nitro benzene ring substituents is 1. The van der Waals surface area contributed by atoms with E-state index in [4.69, 9.17) is 0 Å². The SMILES string of the molecule is COC(=O)c1ccccc1NC(=O)CSc1nc2ccc([N+](=O)[O-])cc2[nH]1.Cl. The second-order valence-corrected chi connectivity index (χ2v) is 6.34. The average Bonchev–Trinajstić information content (AvgIpc) is 3.08. The molecular formula is C17H15ClN4O5S. The van der Waals surface area contributed by atoms with Gasteiger partial charge in [-0.2, -0.15) is 0 Å². The highest BCUT2D eigenvalue weighted by Crippen LogP contribution is 2.23. The van der Waals surface area contributed by atoms with Crippen molar-refractivity contribution in [2.45, 2.75) is 5.16 Å². The molecule has 0 radical (unpaired) electrons. The number of fused-ring (bicyclic) bond motifs is 1. The molecule has 0 aliphatic heterocycles. The Balaban J connectivity index is 0.00000280. The molecular weight excluding hydrogens is 408 g/mol. The number of ether oxygens (including phenoxy) is 1. The first-order valence-electron chi connectivity index (χ1n) is 7.72. The van der Waals surface area contributed by atoms with Crippen molar-refractivity contribution in [1.29, 1.82) is 0 Å². The van der Waals surface area contributed by atoms with E-state index in [2.05, 4.69) is 20.0 Å². The lowest BCUT2D eigenvalue weighted by atomic mass is 10.2. The summed E-state index contributed by atoms with van der Waals surface area (Å²) < 4.78 is 4.69. The summed E-state index contributed by atoms with van der Waals surface area (Å²) in [6.07, 6.45) is 0. The maximum absolute atomic E-state index is 12.2. The third kappa shape index (κ3) is 4.78. The van der Waals surface area contributed by atoms with E-state index >= 15 is 0 Å². The predicted molar refractivity (Wildman–Crippen MR) is 107 cm³/mol. The molecule has 2 aromatic carbocycles. The number of hydrogen-bond donors (Lipinski definition) is 2. The smallest absolute Gasteiger partial charge is 0.339 e. The Labute approximate surface area is 169 Å². The average molecular weight is 423 g/mol. The largest absolute Gasteiger partial charge is 0.465 e. The van der Waals surface area contributed by atoms with E-state index in [1.54, 1.807) is 30.3 Å². The Morgan fingerprint density at radius 3 is 2.75 bits per heavy atom. The fourth-order valence-corrected chi connectivity index (χ4v) is 3.04. The molecule has 2 N–H and O–H groups in total. The van der Waals surface area contributed by atoms with Gasteiger partial charge in [0.15, 0.2) is 5.16 Å². The van der Waals surface area contributed by atoms with Crippen LogP contribution in [0.4, 0.5) is 11.4 Å². The summed E-state index contributed by atoms with van der Waals surface area (Å²) in [5.41, 5.74) is 1.66. The molecule has 1 amide bonds. The number of amides is 1. The van der Waals surface area contributed by atoms with E-state index in [1.807, 2.05) is 0 Å². The van der Waals surface area contributed by atoms with Crippen LogP contribution >= 0.6 is 24.2 Å². The number of aromatic nitrogens is 2. The Bertz CT molecular complexity index is 1040. The van der Waals surface area contributed by atoms with E-state index in [1.165, 1.54) is 19.2 Å². The number of methoxy groups -OCH3 is 1. The molecule has 0 saturated heterocycles. The van der Waals surface area contributed by atoms with Gasteiger partial charge in [-0.15, -0.1) is 12.4 Å². The Kier molecular flexibility index (Phi) is 6.96. The van der Waals surface area contributed by atoms with Gasteiger partial charge in [0.05, 0.1) is 40.1 Å². The molecule has 0 bridgehead atoms. The summed E-state index contributed by atoms with van der Waals surface area (Å²) in [4.78, 5) is 41.5. The van der Waals surface area contributed by atoms with Crippen molar-refractivity contribution in [2.75, 3.05) is 18.2 Å². The lowest BCUT2D eigenvalue weighted by Gasteiger charge is -2.08. The number of anilines is 1. The zero-order valence-corrected chi connectivity index (χ0v) is 16.1. The molecule has 9 nitrogen and oxygen atoms in total. The van der Waals surface area contributed by atoms with Gasteiger partial charge in [-0.3, -0.25) is 14.9 Å². The molecule has 0 fully saturated rings. The first kappa shape index (κ1) is 21.2. The number of nitrogens with zero attached hydrogens (tertiary/aromatic N) is 2. The van der Waals surface area contributed by atoms with E-state index in [0.717, 1.165) is 11.8 Å². The number of halogens is 1. The number of esters is 1. The fraction of sp³-hybridized carbons (Fsp3) is 0.118. The number of H-pyrrole nitrogens is 1. The maximum atomic E-state index is 12.2. The number of rotatable bonds is 6. The van der Waals surface area contributed by atoms with Crippen molar-refractivity contribution in [3.63, 3.8) is 0 Å². The second kappa shape index (κ2) is 9.20. The van der Waals surface area contributed by atoms with Crippen LogP contribution in [0.5, 0.6) is 0 Å². The highest BCUT2D eigenvalue weighted by Gasteiger charge is 2.14. The van der Waals surface area contributed by atoms with Crippen LogP contribution in [-0.2, 0) is 9.53 Å². The highest BCUT2D eigenvalue weighted by atomic mass is 35.5. The molecule has 146 valence electrons. The number of carbonyl (C=O) groups excluding carboxylic acids is 2. The molecule has 3 rings (SSSR count). The van der Waals surface area contributed by atoms with Gasteiger partial charge in [-0.1, -0.05) is 23.9 Å². The summed E-state index contributed by atoms with van der Waals surface area (Å²) in [6.45, 7) is 0. The topological polar surface area (TPSA) is 127 Å². The molecule has 11 heteroatoms. The van der Waals surface area contributed by atoms with Gasteiger partial charge < -0.3 is 15.0 Å². The Morgan fingerprint density at radius 1 is 1.29 bits per heavy atom. The highest BCUT2D eigenvalue weighted by molar-refractivity contribution is 7.99. The Hall–Kier alpha value is -3.11. The van der Waals surface area contributed by atoms with E-state index in [9.17, 15) is 19.7 Å². The van der Waals surface area contributed by atoms with E-state index in [-0.39, 0.29) is 35.3 Å². The van der Waals surface area contributed by atoms with Crippen molar-refractivity contribution in [3.05, 3.63) is 58.1 Å². The van der Waals surface area contributed by atoms with Crippen molar-refractivity contribution in [2.24, 2.45) is 0 Å². The lowest BCUT2D eigenvalue weighted by molar-refractivity contribution is -0.384. The zero-order valence-electron chi connectivity index (χ0n) is 14.5. The van der Waals surface area contributed by atoms with Crippen LogP contribution in [0.25, 0.3) is 11.0 Å². The molecule has 0 spiro atoms. The zero-order chi connectivity index (χ0) is 19.4. The van der Waals surface area contributed by atoms with Gasteiger partial charge in [0.2, 0.25) is 5.91 Å². The normalized spacial score (nSPS) is 10.2. The molecule has 1 heterocycles. The molecule has 0 atom stereocenters. The summed E-state index contributed by atoms with van der Waals surface area (Å²) in [5, 5.41) is 13.9. The Morgan fingerprint density at radius 2 is 2.04 bits per heavy atom. The second-order valence-electron chi connectivity index (χ2n) is 5.37. The summed E-state index contributed by atoms with van der Waals surface area (Å²) in [6, 6.07) is 10.8. The number of para-hydroxylation sites is 1. The minimum absolute atomic E-state index is 0. The quantitative estimate of drug-likeness (QED) is 0.269. The van der Waals surface area contributed by atoms with Crippen LogP contribution in [0.15, 0.2) is 47.6 Å². The number of nitrogens with one attached hydrogen (secondary N) is 2. The molecule has 3 aromatic rings. The van der Waals surface area contributed by atoms with Crippen LogP contribution in [0.1, 0.15) is 10.4 Å². The summed E-state index contributed by atoms with van der Waals surface area (Å²) in [5.74, 6) is -0.836. The van der Waals surface area contributed by atoms with Gasteiger partial charge in [-0.25, -0.2) is 9.78 Å². The molecule has 28 heavy (non-hydrogen) atoms. The van der Waals surface area contributed by atoms with Crippen LogP contribution < -0.4 is 5.32 Å². The number of nitro benzene ring substituents is 1. The minimum Gasteiger partial charge on any atom is -0.465 e. The molecule has 0 saturated carbocycles. The van der Waals surface area contributed by atoms with Gasteiger partial charge in [0.25, 0.3) is 5.69 Å². The first-order valence-corrected chi connectivity index (χ1v) is 8.70. The number of thioether (sulfide) groups is 1. The molecule has 1 aromatic heterocycles. The number of imidazole rings is 1. The number of carbonyl (C=O) groups is 2. The number of hydrogen-bond acceptors (Lipinski definition) is 7. The molecule has 0 aliphatic carbocycles. The third-order valence-corrected chi connectivity index (χ3v) is 4.47. The van der Waals surface area contributed by atoms with Gasteiger partial charge in [0.1, 0.15) is 0 Å². The number of aromatic amines is 1. The van der Waals surface area contributed by atoms with Gasteiger partial charge in [-0.05, 0) is 18.2 Å². The third-order valence-electron chi connectivity index (χ3n) is 3.60. The van der Waals surface area contributed by atoms with Crippen molar-refractivity contribution in [3.8, 4) is 0 Å². The number of benzene rings is 2. The number of nitro groups is 1. The summed E-state index contributed by atoms with van der Waals surface area (Å²) in [7, 11) is 1.27. The lowest BCUT2D eigenvalue weighted by Crippen LogP contribution is -2.17. The van der Waals surface area contributed by atoms with Gasteiger partial charge >= 0.3 is 5.97 Å². The summed E-state index contributed by atoms with van der Waals surface area (Å²) >= 11 is 1.14. The standard InChI is InChI=1S/C17H14N4O5S.ClH/c1-26-16(23)11-4-2-3-5-12(11)18-15(22)9-27-17-19-13-7-6-10(21(24)25)8-14(13)20-17;/h2-8H,9H2,1H3,(H,18,22)(H,19,20);1H. The van der Waals surface area contributed by atoms with Gasteiger partial charge in [0, 0.05) is 12.1 Å². The minimum atomic E-state index is -0.544. The predicted octanol–water partition coefficient (Wildman–Crippen LogP) is 3.41. The van der Waals surface area contributed by atoms with Crippen LogP contribution in [-0.4, -0.2) is 39.6 Å². The molecule has 0 aliphatic rings. The van der Waals surface area contributed by atoms with Crippen LogP contribution in [0.2, 0.25) is 0 Å². The van der Waals surface area contributed by atoms with E-state index in [0.29, 0.717) is 21.9 Å². The van der Waals surface area contributed by atoms with Crippen LogP contribution in [0.3, 0.4) is 0 Å². The monoisotopic (exact) mass is 422 g/mol. The van der Waals surface area contributed by atoms with Crippen molar-refractivity contribution >= 4 is 58.5 Å². The van der Waals surface area contributed by atoms with Crippen LogP contribution in [0, 0.1) is 10.1 Å². The molecule has 0 unspecified atom stereocenters.